The van der Waals surface area contributed by atoms with Gasteiger partial charge in [0.25, 0.3) is 5.91 Å². The van der Waals surface area contributed by atoms with Gasteiger partial charge in [-0.15, -0.1) is 0 Å². The van der Waals surface area contributed by atoms with Gasteiger partial charge in [0.2, 0.25) is 5.91 Å². The highest BCUT2D eigenvalue weighted by atomic mass is 19.4. The number of ether oxygens (including phenoxy) is 1. The van der Waals surface area contributed by atoms with Crippen LogP contribution >= 0.6 is 0 Å². The number of hydrogen-bond donors (Lipinski definition) is 1. The Morgan fingerprint density at radius 1 is 1.32 bits per heavy atom. The van der Waals surface area contributed by atoms with Gasteiger partial charge in [0, 0.05) is 0 Å². The van der Waals surface area contributed by atoms with E-state index in [1.54, 1.807) is 6.92 Å². The highest BCUT2D eigenvalue weighted by Crippen LogP contribution is 2.35. The third-order valence-electron chi connectivity index (χ3n) is 3.84. The number of anilines is 1. The number of rotatable bonds is 3. The molecule has 1 aromatic carbocycles. The molecule has 1 N–H and O–H groups in total. The Balaban J connectivity index is 1.94. The van der Waals surface area contributed by atoms with Crippen molar-refractivity contribution in [1.29, 1.82) is 0 Å². The molecule has 0 aliphatic carbocycles. The van der Waals surface area contributed by atoms with Crippen LogP contribution in [0.1, 0.15) is 12.5 Å². The number of hydrogen-bond acceptors (Lipinski definition) is 6. The van der Waals surface area contributed by atoms with Crippen molar-refractivity contribution in [3.8, 4) is 0 Å². The van der Waals surface area contributed by atoms with Gasteiger partial charge in [0.15, 0.2) is 5.71 Å². The number of esters is 1. The number of halogens is 3. The van der Waals surface area contributed by atoms with Gasteiger partial charge in [0.05, 0.1) is 17.9 Å². The van der Waals surface area contributed by atoms with Crippen molar-refractivity contribution in [3.05, 3.63) is 29.8 Å². The van der Waals surface area contributed by atoms with E-state index in [2.05, 4.69) is 10.5 Å². The third-order valence-corrected chi connectivity index (χ3v) is 3.84. The number of carbonyl (C=O) groups excluding carboxylic acids is 3. The lowest BCUT2D eigenvalue weighted by atomic mass is 9.99. The third kappa shape index (κ3) is 2.73. The van der Waals surface area contributed by atoms with E-state index in [0.717, 1.165) is 12.1 Å². The zero-order chi connectivity index (χ0) is 18.4. The van der Waals surface area contributed by atoms with E-state index in [-0.39, 0.29) is 18.0 Å². The van der Waals surface area contributed by atoms with Crippen LogP contribution in [0.5, 0.6) is 0 Å². The van der Waals surface area contributed by atoms with E-state index < -0.39 is 41.5 Å². The minimum atomic E-state index is -4.62. The molecular formula is C15H12F3N3O4. The number of nitrogens with zero attached hydrogens (tertiary/aromatic N) is 2. The molecule has 3 rings (SSSR count). The van der Waals surface area contributed by atoms with Crippen molar-refractivity contribution in [1.82, 2.24) is 5.43 Å². The van der Waals surface area contributed by atoms with Gasteiger partial charge in [-0.1, -0.05) is 6.07 Å². The molecule has 25 heavy (non-hydrogen) atoms. The predicted molar refractivity (Wildman–Crippen MR) is 78.4 cm³/mol. The molecule has 10 heteroatoms. The molecular weight excluding hydrogens is 343 g/mol. The number of nitrogens with one attached hydrogen (secondary N) is 1. The predicted octanol–water partition coefficient (Wildman–Crippen LogP) is 1.09. The smallest absolute Gasteiger partial charge is 0.416 e. The topological polar surface area (TPSA) is 88.1 Å². The van der Waals surface area contributed by atoms with Crippen LogP contribution in [0.2, 0.25) is 0 Å². The average molecular weight is 355 g/mol. The molecule has 132 valence electrons. The molecule has 1 fully saturated rings. The maximum Gasteiger partial charge on any atom is 0.416 e. The minimum Gasteiger partial charge on any atom is -0.461 e. The van der Waals surface area contributed by atoms with E-state index in [1.165, 1.54) is 6.07 Å². The van der Waals surface area contributed by atoms with E-state index in [1.807, 2.05) is 0 Å². The fraction of sp³-hybridized carbons (Fsp3) is 0.333. The van der Waals surface area contributed by atoms with Gasteiger partial charge >= 0.3 is 12.1 Å². The van der Waals surface area contributed by atoms with Crippen LogP contribution in [0, 0.1) is 5.92 Å². The minimum absolute atomic E-state index is 0.0503. The molecule has 1 aromatic rings. The summed E-state index contributed by atoms with van der Waals surface area (Å²) in [5.41, 5.74) is 0.912. The quantitative estimate of drug-likeness (QED) is 0.648. The number of carbonyl (C=O) groups is 3. The number of imide groups is 1. The summed E-state index contributed by atoms with van der Waals surface area (Å²) < 4.78 is 43.3. The molecule has 0 aromatic heterocycles. The van der Waals surface area contributed by atoms with Crippen molar-refractivity contribution in [3.63, 3.8) is 0 Å². The van der Waals surface area contributed by atoms with Gasteiger partial charge in [-0.3, -0.25) is 15.0 Å². The van der Waals surface area contributed by atoms with E-state index in [0.29, 0.717) is 11.0 Å². The number of hydrazone groups is 1. The molecule has 0 spiro atoms. The molecule has 2 amide bonds. The Hall–Kier alpha value is -2.91. The van der Waals surface area contributed by atoms with Crippen LogP contribution in [-0.4, -0.2) is 36.1 Å². The molecule has 2 heterocycles. The molecule has 0 radical (unpaired) electrons. The number of amides is 2. The Labute approximate surface area is 139 Å². The van der Waals surface area contributed by atoms with Gasteiger partial charge < -0.3 is 4.74 Å². The van der Waals surface area contributed by atoms with Crippen LogP contribution in [0.25, 0.3) is 0 Å². The van der Waals surface area contributed by atoms with Crippen molar-refractivity contribution >= 4 is 29.2 Å². The first-order valence-corrected chi connectivity index (χ1v) is 7.31. The Bertz CT molecular complexity index is 790. The largest absolute Gasteiger partial charge is 0.461 e. The normalized spacial score (nSPS) is 22.6. The number of alkyl halides is 3. The van der Waals surface area contributed by atoms with Crippen LogP contribution in [0.3, 0.4) is 0 Å². The second-order valence-corrected chi connectivity index (χ2v) is 5.36. The fourth-order valence-corrected chi connectivity index (χ4v) is 2.74. The second kappa shape index (κ2) is 5.87. The van der Waals surface area contributed by atoms with Crippen LogP contribution in [-0.2, 0) is 25.3 Å². The van der Waals surface area contributed by atoms with Gasteiger partial charge in [-0.05, 0) is 25.1 Å². The summed E-state index contributed by atoms with van der Waals surface area (Å²) in [4.78, 5) is 37.5. The lowest BCUT2D eigenvalue weighted by Gasteiger charge is -2.17. The van der Waals surface area contributed by atoms with Gasteiger partial charge in [-0.2, -0.15) is 18.3 Å². The van der Waals surface area contributed by atoms with Crippen molar-refractivity contribution in [2.45, 2.75) is 19.1 Å². The molecule has 7 nitrogen and oxygen atoms in total. The summed E-state index contributed by atoms with van der Waals surface area (Å²) in [6.45, 7) is 1.61. The first-order chi connectivity index (χ1) is 11.8. The van der Waals surface area contributed by atoms with Crippen molar-refractivity contribution in [2.24, 2.45) is 11.0 Å². The molecule has 2 aliphatic heterocycles. The monoisotopic (exact) mass is 355 g/mol. The summed E-state index contributed by atoms with van der Waals surface area (Å²) >= 11 is 0. The lowest BCUT2D eigenvalue weighted by Crippen LogP contribution is -2.36. The van der Waals surface area contributed by atoms with E-state index >= 15 is 0 Å². The molecule has 2 aliphatic rings. The molecule has 0 bridgehead atoms. The van der Waals surface area contributed by atoms with E-state index in [9.17, 15) is 27.6 Å². The molecule has 0 unspecified atom stereocenters. The van der Waals surface area contributed by atoms with Crippen LogP contribution < -0.4 is 10.3 Å². The van der Waals surface area contributed by atoms with Gasteiger partial charge in [0.1, 0.15) is 12.0 Å². The maximum atomic E-state index is 12.9. The highest BCUT2D eigenvalue weighted by Gasteiger charge is 2.55. The van der Waals surface area contributed by atoms with Crippen molar-refractivity contribution in [2.75, 3.05) is 11.5 Å². The van der Waals surface area contributed by atoms with Crippen LogP contribution in [0.15, 0.2) is 29.4 Å². The Kier molecular flexibility index (Phi) is 3.97. The second-order valence-electron chi connectivity index (χ2n) is 5.36. The van der Waals surface area contributed by atoms with Crippen molar-refractivity contribution < 1.29 is 32.3 Å². The number of benzene rings is 1. The average Bonchev–Trinajstić information content (AvgIpc) is 3.08. The van der Waals surface area contributed by atoms with Crippen LogP contribution in [0.4, 0.5) is 18.9 Å². The SMILES string of the molecule is CCOC(=O)C1=NN[C@@H]2C(=O)N(c3cccc(C(F)(F)F)c3)C(=O)[C@H]12. The molecule has 0 saturated carbocycles. The Morgan fingerprint density at radius 2 is 2.04 bits per heavy atom. The highest BCUT2D eigenvalue weighted by molar-refractivity contribution is 6.46. The standard InChI is InChI=1S/C15H12F3N3O4/c1-2-25-14(24)11-9-10(19-20-11)13(23)21(12(9)22)8-5-3-4-7(6-8)15(16,17)18/h3-6,9-10,19H,2H2,1H3/t9-,10-/m0/s1. The maximum absolute atomic E-state index is 12.9. The zero-order valence-corrected chi connectivity index (χ0v) is 12.8. The first-order valence-electron chi connectivity index (χ1n) is 7.31. The summed E-state index contributed by atoms with van der Waals surface area (Å²) in [6, 6.07) is 2.71. The summed E-state index contributed by atoms with van der Waals surface area (Å²) in [5, 5.41) is 3.67. The van der Waals surface area contributed by atoms with Gasteiger partial charge in [-0.25, -0.2) is 9.69 Å². The molecule has 2 atom stereocenters. The summed E-state index contributed by atoms with van der Waals surface area (Å²) in [5.74, 6) is -3.68. The Morgan fingerprint density at radius 3 is 2.68 bits per heavy atom. The lowest BCUT2D eigenvalue weighted by molar-refractivity contribution is -0.137. The number of fused-ring (bicyclic) bond motifs is 1. The summed E-state index contributed by atoms with van der Waals surface area (Å²) in [7, 11) is 0. The fourth-order valence-electron chi connectivity index (χ4n) is 2.74. The summed E-state index contributed by atoms with van der Waals surface area (Å²) in [6.07, 6.45) is -4.62. The zero-order valence-electron chi connectivity index (χ0n) is 12.8. The van der Waals surface area contributed by atoms with E-state index in [4.69, 9.17) is 4.74 Å². The molecule has 1 saturated heterocycles. The first kappa shape index (κ1) is 16.9.